The number of hydrogen-bond donors (Lipinski definition) is 5. The topological polar surface area (TPSA) is 220 Å². The second-order valence-corrected chi connectivity index (χ2v) is 12.1. The number of aromatic nitrogens is 3. The van der Waals surface area contributed by atoms with Gasteiger partial charge in [0.2, 0.25) is 34.7 Å². The highest BCUT2D eigenvalue weighted by Crippen LogP contribution is 2.32. The summed E-state index contributed by atoms with van der Waals surface area (Å²) in [5.41, 5.74) is 2.23. The monoisotopic (exact) mass is 664 g/mol. The first-order valence-corrected chi connectivity index (χ1v) is 15.7. The minimum absolute atomic E-state index is 0.0100. The fourth-order valence-electron chi connectivity index (χ4n) is 4.29. The molecule has 1 aromatic heterocycles. The maximum Gasteiger partial charge on any atom is 0.414 e. The molecule has 0 fully saturated rings. The number of nitrogens with one attached hydrogen (secondary N) is 3. The van der Waals surface area contributed by atoms with Crippen LogP contribution >= 0.6 is 0 Å². The van der Waals surface area contributed by atoms with Crippen LogP contribution in [0, 0.1) is 0 Å². The Hall–Kier alpha value is -5.68. The molecule has 47 heavy (non-hydrogen) atoms. The predicted molar refractivity (Wildman–Crippen MR) is 170 cm³/mol. The molecular formula is C30H32N8O8S. The van der Waals surface area contributed by atoms with E-state index in [0.717, 1.165) is 5.56 Å². The molecule has 0 radical (unpaired) electrons. The van der Waals surface area contributed by atoms with E-state index in [1.54, 1.807) is 56.6 Å². The quantitative estimate of drug-likeness (QED) is 0.139. The van der Waals surface area contributed by atoms with Crippen LogP contribution in [0.25, 0.3) is 0 Å². The summed E-state index contributed by atoms with van der Waals surface area (Å²) in [6.45, 7) is 0.665. The van der Waals surface area contributed by atoms with E-state index in [2.05, 4.69) is 30.9 Å². The van der Waals surface area contributed by atoms with E-state index in [-0.39, 0.29) is 42.5 Å². The number of sulfonamides is 1. The van der Waals surface area contributed by atoms with Crippen molar-refractivity contribution in [2.24, 2.45) is 5.14 Å². The van der Waals surface area contributed by atoms with Crippen molar-refractivity contribution in [1.82, 2.24) is 19.9 Å². The van der Waals surface area contributed by atoms with Crippen LogP contribution in [0.3, 0.4) is 0 Å². The molecule has 0 spiro atoms. The Kier molecular flexibility index (Phi) is 9.86. The molecule has 1 atom stereocenters. The van der Waals surface area contributed by atoms with Crippen LogP contribution in [0.1, 0.15) is 16.7 Å². The molecule has 246 valence electrons. The number of hydrogen-bond acceptors (Lipinski definition) is 13. The van der Waals surface area contributed by atoms with Crippen molar-refractivity contribution in [2.45, 2.75) is 30.4 Å². The van der Waals surface area contributed by atoms with Gasteiger partial charge in [-0.2, -0.15) is 15.0 Å². The first-order chi connectivity index (χ1) is 22.4. The number of fused-ring (bicyclic) bond motifs is 1. The lowest BCUT2D eigenvalue weighted by atomic mass is 10.1. The zero-order valence-electron chi connectivity index (χ0n) is 25.3. The standard InChI is InChI=1S/C30H32N8O8S/c1-38(2)30(41)46-21-8-3-18(4-9-21)13-23(26(39)40)34-29-36-27(32-15-19-5-10-22(11-6-19)47(31,42)43)35-28(37-29)33-16-20-7-12-24-25(14-20)45-17-44-24/h3-12,14,23H,13,15-17H2,1-2H3,(H,39,40)(H2,31,42,43)(H3,32,33,34,35,36,37)/t23-/m0/s1. The summed E-state index contributed by atoms with van der Waals surface area (Å²) in [5, 5.41) is 24.3. The zero-order chi connectivity index (χ0) is 33.6. The van der Waals surface area contributed by atoms with Crippen LogP contribution in [-0.2, 0) is 34.3 Å². The average molecular weight is 665 g/mol. The summed E-state index contributed by atoms with van der Waals surface area (Å²) in [4.78, 5) is 38.5. The summed E-state index contributed by atoms with van der Waals surface area (Å²) in [6.07, 6.45) is -0.479. The van der Waals surface area contributed by atoms with E-state index < -0.39 is 28.1 Å². The number of nitrogens with zero attached hydrogens (tertiary/aromatic N) is 4. The van der Waals surface area contributed by atoms with Gasteiger partial charge in [-0.3, -0.25) is 0 Å². The highest BCUT2D eigenvalue weighted by Gasteiger charge is 2.21. The molecule has 0 bridgehead atoms. The van der Waals surface area contributed by atoms with Crippen LogP contribution in [0.5, 0.6) is 17.2 Å². The number of anilines is 3. The Labute approximate surface area is 270 Å². The molecule has 4 aromatic rings. The molecule has 0 aliphatic carbocycles. The van der Waals surface area contributed by atoms with E-state index >= 15 is 0 Å². The number of ether oxygens (including phenoxy) is 3. The number of aliphatic carboxylic acids is 1. The molecule has 1 aliphatic rings. The summed E-state index contributed by atoms with van der Waals surface area (Å²) in [7, 11) is -0.709. The van der Waals surface area contributed by atoms with Gasteiger partial charge in [0.25, 0.3) is 0 Å². The van der Waals surface area contributed by atoms with Crippen LogP contribution in [0.4, 0.5) is 22.6 Å². The van der Waals surface area contributed by atoms with Crippen molar-refractivity contribution >= 4 is 39.9 Å². The summed E-state index contributed by atoms with van der Waals surface area (Å²) >= 11 is 0. The van der Waals surface area contributed by atoms with E-state index in [1.165, 1.54) is 17.0 Å². The first-order valence-electron chi connectivity index (χ1n) is 14.1. The summed E-state index contributed by atoms with van der Waals surface area (Å²) in [6, 6.07) is 16.8. The molecule has 2 heterocycles. The molecule has 0 saturated carbocycles. The third-order valence-electron chi connectivity index (χ3n) is 6.76. The van der Waals surface area contributed by atoms with Crippen LogP contribution in [-0.4, -0.2) is 72.4 Å². The number of carboxylic acid groups (broad SMARTS) is 1. The third kappa shape index (κ3) is 8.95. The Bertz CT molecular complexity index is 1860. The first kappa shape index (κ1) is 32.7. The zero-order valence-corrected chi connectivity index (χ0v) is 26.2. The van der Waals surface area contributed by atoms with Gasteiger partial charge in [-0.1, -0.05) is 30.3 Å². The normalized spacial score (nSPS) is 12.6. The third-order valence-corrected chi connectivity index (χ3v) is 7.69. The van der Waals surface area contributed by atoms with Gasteiger partial charge < -0.3 is 40.2 Å². The Morgan fingerprint density at radius 2 is 1.45 bits per heavy atom. The smallest absolute Gasteiger partial charge is 0.414 e. The van der Waals surface area contributed by atoms with Crippen molar-refractivity contribution in [1.29, 1.82) is 0 Å². The second-order valence-electron chi connectivity index (χ2n) is 10.5. The largest absolute Gasteiger partial charge is 0.480 e. The number of carbonyl (C=O) groups is 2. The molecule has 6 N–H and O–H groups in total. The average Bonchev–Trinajstić information content (AvgIpc) is 3.51. The fraction of sp³-hybridized carbons (Fsp3) is 0.233. The van der Waals surface area contributed by atoms with E-state index in [1.807, 2.05) is 12.1 Å². The van der Waals surface area contributed by atoms with Gasteiger partial charge in [-0.15, -0.1) is 0 Å². The molecule has 0 unspecified atom stereocenters. The van der Waals surface area contributed by atoms with Gasteiger partial charge in [0.15, 0.2) is 11.5 Å². The number of amides is 1. The van der Waals surface area contributed by atoms with Gasteiger partial charge >= 0.3 is 12.1 Å². The molecule has 17 heteroatoms. The van der Waals surface area contributed by atoms with Crippen molar-refractivity contribution in [2.75, 3.05) is 36.8 Å². The molecule has 1 amide bonds. The number of primary sulfonamides is 1. The number of carboxylic acids is 1. The lowest BCUT2D eigenvalue weighted by Crippen LogP contribution is -2.32. The van der Waals surface area contributed by atoms with Crippen molar-refractivity contribution in [3.05, 3.63) is 83.4 Å². The molecule has 16 nitrogen and oxygen atoms in total. The van der Waals surface area contributed by atoms with Gasteiger partial charge in [0.1, 0.15) is 11.8 Å². The maximum atomic E-state index is 12.3. The van der Waals surface area contributed by atoms with E-state index in [9.17, 15) is 23.1 Å². The predicted octanol–water partition coefficient (Wildman–Crippen LogP) is 2.64. The molecular weight excluding hydrogens is 632 g/mol. The minimum Gasteiger partial charge on any atom is -0.480 e. The molecule has 5 rings (SSSR count). The Morgan fingerprint density at radius 1 is 0.872 bits per heavy atom. The Balaban J connectivity index is 1.33. The number of carbonyl (C=O) groups excluding carboxylic acids is 1. The highest BCUT2D eigenvalue weighted by atomic mass is 32.2. The van der Waals surface area contributed by atoms with Crippen molar-refractivity contribution < 1.29 is 37.3 Å². The van der Waals surface area contributed by atoms with Gasteiger partial charge in [-0.25, -0.2) is 23.1 Å². The lowest BCUT2D eigenvalue weighted by Gasteiger charge is -2.17. The highest BCUT2D eigenvalue weighted by molar-refractivity contribution is 7.89. The molecule has 0 saturated heterocycles. The maximum absolute atomic E-state index is 12.3. The van der Waals surface area contributed by atoms with Crippen molar-refractivity contribution in [3.8, 4) is 17.2 Å². The lowest BCUT2D eigenvalue weighted by molar-refractivity contribution is -0.137. The Morgan fingerprint density at radius 3 is 2.06 bits per heavy atom. The van der Waals surface area contributed by atoms with Crippen molar-refractivity contribution in [3.63, 3.8) is 0 Å². The van der Waals surface area contributed by atoms with E-state index in [4.69, 9.17) is 19.3 Å². The SMILES string of the molecule is CN(C)C(=O)Oc1ccc(C[C@H](Nc2nc(NCc3ccc(S(N)(=O)=O)cc3)nc(NCc3ccc4c(c3)OCO4)n2)C(=O)O)cc1. The van der Waals surface area contributed by atoms with Gasteiger partial charge in [0.05, 0.1) is 4.90 Å². The minimum atomic E-state index is -3.84. The van der Waals surface area contributed by atoms with Crippen LogP contribution in [0.15, 0.2) is 71.6 Å². The van der Waals surface area contributed by atoms with Crippen LogP contribution < -0.4 is 35.3 Å². The van der Waals surface area contributed by atoms with E-state index in [0.29, 0.717) is 34.9 Å². The summed E-state index contributed by atoms with van der Waals surface area (Å²) < 4.78 is 39.2. The second kappa shape index (κ2) is 14.2. The summed E-state index contributed by atoms with van der Waals surface area (Å²) in [5.74, 6) is 0.708. The number of nitrogens with two attached hydrogens (primary N) is 1. The van der Waals surface area contributed by atoms with Gasteiger partial charge in [-0.05, 0) is 53.1 Å². The number of rotatable bonds is 13. The number of benzene rings is 3. The molecule has 3 aromatic carbocycles. The van der Waals surface area contributed by atoms with Gasteiger partial charge in [0, 0.05) is 33.6 Å². The molecule has 1 aliphatic heterocycles. The fourth-order valence-corrected chi connectivity index (χ4v) is 4.80. The van der Waals surface area contributed by atoms with Crippen LogP contribution in [0.2, 0.25) is 0 Å².